The summed E-state index contributed by atoms with van der Waals surface area (Å²) in [6, 6.07) is 17.3. The molecule has 3 rings (SSSR count). The smallest absolute Gasteiger partial charge is 0.319 e. The van der Waals surface area contributed by atoms with Crippen molar-refractivity contribution >= 4 is 39.0 Å². The molecular weight excluding hydrogens is 562 g/mol. The van der Waals surface area contributed by atoms with Crippen LogP contribution in [0.15, 0.2) is 66.7 Å². The predicted molar refractivity (Wildman–Crippen MR) is 162 cm³/mol. The van der Waals surface area contributed by atoms with E-state index in [4.69, 9.17) is 4.74 Å². The summed E-state index contributed by atoms with van der Waals surface area (Å²) in [5.41, 5.74) is 0.365. The zero-order valence-corrected chi connectivity index (χ0v) is 24.7. The van der Waals surface area contributed by atoms with Crippen molar-refractivity contribution in [1.82, 2.24) is 10.6 Å². The Bertz CT molecular complexity index is 1500. The number of hydrogen-bond acceptors (Lipinski definition) is 8. The number of ether oxygens (including phenoxy) is 1. The van der Waals surface area contributed by atoms with E-state index in [1.165, 1.54) is 25.3 Å². The quantitative estimate of drug-likeness (QED) is 0.146. The van der Waals surface area contributed by atoms with E-state index >= 15 is 0 Å². The highest BCUT2D eigenvalue weighted by atomic mass is 32.2. The van der Waals surface area contributed by atoms with Crippen LogP contribution in [0.25, 0.3) is 0 Å². The summed E-state index contributed by atoms with van der Waals surface area (Å²) in [5.74, 6) is -0.152. The molecule has 2 atom stereocenters. The van der Waals surface area contributed by atoms with Crippen LogP contribution in [-0.4, -0.2) is 57.0 Å². The Morgan fingerprint density at radius 1 is 1.00 bits per heavy atom. The van der Waals surface area contributed by atoms with Crippen LogP contribution in [0.1, 0.15) is 37.5 Å². The molecular formula is C29H37N5O7S. The lowest BCUT2D eigenvalue weighted by atomic mass is 9.90. The minimum absolute atomic E-state index is 0.0819. The summed E-state index contributed by atoms with van der Waals surface area (Å²) in [4.78, 5) is 25.8. The fraction of sp³-hybridized carbons (Fsp3) is 0.310. The summed E-state index contributed by atoms with van der Waals surface area (Å²) in [6.45, 7) is 4.02. The lowest BCUT2D eigenvalue weighted by molar-refractivity contribution is -0.122. The zero-order valence-electron chi connectivity index (χ0n) is 23.9. The van der Waals surface area contributed by atoms with Gasteiger partial charge in [-0.3, -0.25) is 14.8 Å². The third-order valence-electron chi connectivity index (χ3n) is 6.39. The van der Waals surface area contributed by atoms with Gasteiger partial charge >= 0.3 is 6.03 Å². The van der Waals surface area contributed by atoms with Gasteiger partial charge in [0.05, 0.1) is 25.2 Å². The molecule has 2 unspecified atom stereocenters. The maximum Gasteiger partial charge on any atom is 0.319 e. The first-order valence-electron chi connectivity index (χ1n) is 13.2. The number of amides is 3. The standard InChI is InChI=1S/C29H37N5O7S/c1-5-15-30-28(38)33-22-8-6-7-21(17-22)32-27(37)29(2,20-10-12-23(41-3)13-11-20)31-18-26(36)19-9-14-25(35)24(16-19)34-42(4,39)40/h6-14,16-17,26,31,34-36H,5,15,18H2,1-4H3,(H,32,37)(H2,30,33,38). The minimum atomic E-state index is -3.67. The van der Waals surface area contributed by atoms with Crippen molar-refractivity contribution in [3.63, 3.8) is 0 Å². The number of aromatic hydroxyl groups is 1. The molecule has 226 valence electrons. The second-order valence-electron chi connectivity index (χ2n) is 9.82. The number of methoxy groups -OCH3 is 1. The SMILES string of the molecule is CCCNC(=O)Nc1cccc(NC(=O)C(C)(NCC(O)c2ccc(O)c(NS(C)(=O)=O)c2)c2ccc(OC)cc2)c1. The molecule has 0 saturated heterocycles. The monoisotopic (exact) mass is 599 g/mol. The summed E-state index contributed by atoms with van der Waals surface area (Å²) in [6.07, 6.45) is 0.564. The molecule has 0 saturated carbocycles. The molecule has 42 heavy (non-hydrogen) atoms. The third kappa shape index (κ3) is 8.83. The highest BCUT2D eigenvalue weighted by molar-refractivity contribution is 7.92. The molecule has 13 heteroatoms. The van der Waals surface area contributed by atoms with E-state index in [2.05, 4.69) is 26.0 Å². The lowest BCUT2D eigenvalue weighted by Gasteiger charge is -2.31. The van der Waals surface area contributed by atoms with Gasteiger partial charge in [0.1, 0.15) is 17.0 Å². The molecule has 3 aromatic rings. The number of rotatable bonds is 13. The van der Waals surface area contributed by atoms with Crippen LogP contribution < -0.4 is 30.7 Å². The average Bonchev–Trinajstić information content (AvgIpc) is 2.95. The lowest BCUT2D eigenvalue weighted by Crippen LogP contribution is -2.50. The van der Waals surface area contributed by atoms with E-state index in [0.29, 0.717) is 34.8 Å². The van der Waals surface area contributed by atoms with Crippen LogP contribution in [0.4, 0.5) is 21.9 Å². The Morgan fingerprint density at radius 3 is 2.29 bits per heavy atom. The molecule has 0 heterocycles. The highest BCUT2D eigenvalue weighted by Gasteiger charge is 2.36. The van der Waals surface area contributed by atoms with E-state index in [9.17, 15) is 28.2 Å². The Balaban J connectivity index is 1.84. The van der Waals surface area contributed by atoms with Crippen LogP contribution in [0.2, 0.25) is 0 Å². The molecule has 0 aliphatic rings. The van der Waals surface area contributed by atoms with Gasteiger partial charge in [0.2, 0.25) is 15.9 Å². The van der Waals surface area contributed by atoms with E-state index in [1.54, 1.807) is 55.5 Å². The van der Waals surface area contributed by atoms with E-state index in [0.717, 1.165) is 12.7 Å². The average molecular weight is 600 g/mol. The Hall–Kier alpha value is -4.33. The topological polar surface area (TPSA) is 178 Å². The zero-order chi connectivity index (χ0) is 30.9. The maximum absolute atomic E-state index is 13.8. The van der Waals surface area contributed by atoms with Crippen molar-refractivity contribution in [2.24, 2.45) is 0 Å². The molecule has 12 nitrogen and oxygen atoms in total. The fourth-order valence-electron chi connectivity index (χ4n) is 4.04. The molecule has 0 fully saturated rings. The van der Waals surface area contributed by atoms with Crippen molar-refractivity contribution in [3.05, 3.63) is 77.9 Å². The van der Waals surface area contributed by atoms with Gasteiger partial charge in [-0.25, -0.2) is 13.2 Å². The molecule has 3 aromatic carbocycles. The van der Waals surface area contributed by atoms with Crippen LogP contribution in [-0.2, 0) is 20.4 Å². The number of nitrogens with one attached hydrogen (secondary N) is 5. The van der Waals surface area contributed by atoms with Crippen LogP contribution in [0, 0.1) is 0 Å². The molecule has 0 aromatic heterocycles. The molecule has 0 spiro atoms. The molecule has 0 aliphatic heterocycles. The fourth-order valence-corrected chi connectivity index (χ4v) is 4.61. The minimum Gasteiger partial charge on any atom is -0.506 e. The third-order valence-corrected chi connectivity index (χ3v) is 6.98. The van der Waals surface area contributed by atoms with Crippen molar-refractivity contribution in [3.8, 4) is 11.5 Å². The van der Waals surface area contributed by atoms with Crippen LogP contribution in [0.3, 0.4) is 0 Å². The van der Waals surface area contributed by atoms with E-state index in [-0.39, 0.29) is 24.0 Å². The first-order chi connectivity index (χ1) is 19.8. The number of phenols is 1. The van der Waals surface area contributed by atoms with Gasteiger partial charge in [-0.2, -0.15) is 0 Å². The first-order valence-corrected chi connectivity index (χ1v) is 15.1. The van der Waals surface area contributed by atoms with Crippen LogP contribution >= 0.6 is 0 Å². The van der Waals surface area contributed by atoms with Gasteiger partial charge in [-0.1, -0.05) is 31.2 Å². The van der Waals surface area contributed by atoms with Crippen molar-refractivity contribution < 1.29 is 33.0 Å². The first kappa shape index (κ1) is 32.2. The van der Waals surface area contributed by atoms with E-state index < -0.39 is 27.6 Å². The number of benzene rings is 3. The van der Waals surface area contributed by atoms with Gasteiger partial charge in [-0.05, 0) is 66.9 Å². The number of aliphatic hydroxyl groups excluding tert-OH is 1. The number of phenolic OH excluding ortho intramolecular Hbond substituents is 1. The normalized spacial score (nSPS) is 13.4. The Morgan fingerprint density at radius 2 is 1.67 bits per heavy atom. The number of carbonyl (C=O) groups excluding carboxylic acids is 2. The second-order valence-corrected chi connectivity index (χ2v) is 11.6. The van der Waals surface area contributed by atoms with Gasteiger partial charge in [0, 0.05) is 24.5 Å². The Kier molecular flexibility index (Phi) is 10.8. The number of carbonyl (C=O) groups is 2. The number of urea groups is 1. The number of anilines is 3. The number of sulfonamides is 1. The van der Waals surface area contributed by atoms with Crippen LogP contribution in [0.5, 0.6) is 11.5 Å². The van der Waals surface area contributed by atoms with Gasteiger partial charge < -0.3 is 30.9 Å². The molecule has 7 N–H and O–H groups in total. The largest absolute Gasteiger partial charge is 0.506 e. The Labute approximate surface area is 245 Å². The van der Waals surface area contributed by atoms with Gasteiger partial charge in [-0.15, -0.1) is 0 Å². The van der Waals surface area contributed by atoms with Gasteiger partial charge in [0.15, 0.2) is 0 Å². The van der Waals surface area contributed by atoms with Gasteiger partial charge in [0.25, 0.3) is 0 Å². The summed E-state index contributed by atoms with van der Waals surface area (Å²) in [7, 11) is -2.14. The number of aliphatic hydroxyl groups is 1. The van der Waals surface area contributed by atoms with Crippen molar-refractivity contribution in [2.75, 3.05) is 41.8 Å². The molecule has 3 amide bonds. The summed E-state index contributed by atoms with van der Waals surface area (Å²) < 4.78 is 30.8. The highest BCUT2D eigenvalue weighted by Crippen LogP contribution is 2.30. The van der Waals surface area contributed by atoms with Crippen molar-refractivity contribution in [2.45, 2.75) is 31.9 Å². The maximum atomic E-state index is 13.8. The summed E-state index contributed by atoms with van der Waals surface area (Å²) >= 11 is 0. The molecule has 0 radical (unpaired) electrons. The second kappa shape index (κ2) is 14.0. The van der Waals surface area contributed by atoms with E-state index in [1.807, 2.05) is 6.92 Å². The summed E-state index contributed by atoms with van der Waals surface area (Å²) in [5, 5.41) is 32.5. The number of hydrogen-bond donors (Lipinski definition) is 7. The van der Waals surface area contributed by atoms with Crippen molar-refractivity contribution in [1.29, 1.82) is 0 Å². The molecule has 0 bridgehead atoms. The predicted octanol–water partition coefficient (Wildman–Crippen LogP) is 3.48. The molecule has 0 aliphatic carbocycles.